The molecule has 0 unspecified atom stereocenters. The van der Waals surface area contributed by atoms with Crippen molar-refractivity contribution in [3.05, 3.63) is 64.9 Å². The number of para-hydroxylation sites is 2. The van der Waals surface area contributed by atoms with Gasteiger partial charge in [0.05, 0.1) is 24.5 Å². The van der Waals surface area contributed by atoms with Gasteiger partial charge in [-0.25, -0.2) is 4.90 Å². The van der Waals surface area contributed by atoms with E-state index in [0.717, 1.165) is 17.5 Å². The molecule has 30 heavy (non-hydrogen) atoms. The minimum absolute atomic E-state index is 0.127. The first-order valence-electron chi connectivity index (χ1n) is 10.1. The molecule has 0 saturated heterocycles. The fourth-order valence-corrected chi connectivity index (χ4v) is 3.67. The highest BCUT2D eigenvalue weighted by Gasteiger charge is 2.43. The lowest BCUT2D eigenvalue weighted by molar-refractivity contribution is -0.120. The topological polar surface area (TPSA) is 70.1 Å². The molecule has 0 fully saturated rings. The second-order valence-corrected chi connectivity index (χ2v) is 7.45. The van der Waals surface area contributed by atoms with E-state index in [1.54, 1.807) is 30.1 Å². The second-order valence-electron chi connectivity index (χ2n) is 7.45. The Morgan fingerprint density at radius 3 is 2.47 bits per heavy atom. The van der Waals surface area contributed by atoms with Gasteiger partial charge in [-0.3, -0.25) is 9.59 Å². The normalized spacial score (nSPS) is 14.0. The van der Waals surface area contributed by atoms with E-state index >= 15 is 0 Å². The molecule has 158 valence electrons. The summed E-state index contributed by atoms with van der Waals surface area (Å²) in [4.78, 5) is 29.9. The van der Waals surface area contributed by atoms with E-state index in [1.807, 2.05) is 45.0 Å². The molecular formula is C24H28N2O4. The first-order chi connectivity index (χ1) is 14.4. The third-order valence-electron chi connectivity index (χ3n) is 5.10. The molecule has 0 spiro atoms. The number of aryl methyl sites for hydroxylation is 2. The summed E-state index contributed by atoms with van der Waals surface area (Å²) in [6.45, 7) is 6.51. The first-order valence-corrected chi connectivity index (χ1v) is 10.1. The third kappa shape index (κ3) is 3.96. The molecule has 2 aromatic carbocycles. The molecule has 1 aliphatic rings. The maximum Gasteiger partial charge on any atom is 0.282 e. The van der Waals surface area contributed by atoms with Gasteiger partial charge in [0.25, 0.3) is 11.8 Å². The van der Waals surface area contributed by atoms with E-state index < -0.39 is 5.91 Å². The molecule has 0 bridgehead atoms. The summed E-state index contributed by atoms with van der Waals surface area (Å²) in [6, 6.07) is 12.9. The molecule has 0 radical (unpaired) electrons. The van der Waals surface area contributed by atoms with Gasteiger partial charge in [0, 0.05) is 13.6 Å². The van der Waals surface area contributed by atoms with Crippen LogP contribution in [0.2, 0.25) is 0 Å². The zero-order chi connectivity index (χ0) is 21.8. The number of hydrogen-bond acceptors (Lipinski definition) is 5. The molecule has 2 aromatic rings. The third-order valence-corrected chi connectivity index (χ3v) is 5.10. The lowest BCUT2D eigenvalue weighted by Crippen LogP contribution is -2.35. The summed E-state index contributed by atoms with van der Waals surface area (Å²) in [6.07, 6.45) is 0.812. The Balaban J connectivity index is 2.15. The minimum atomic E-state index is -0.418. The van der Waals surface area contributed by atoms with Crippen LogP contribution >= 0.6 is 0 Å². The minimum Gasteiger partial charge on any atom is -0.491 e. The van der Waals surface area contributed by atoms with E-state index in [-0.39, 0.29) is 24.8 Å². The highest BCUT2D eigenvalue weighted by molar-refractivity contribution is 6.45. The SMILES string of the molecule is CCCOc1ccccc1N1C(=O)C(c2ccc(C)cc2C)=C(N(C)CCO)C1=O. The fraction of sp³-hybridized carbons (Fsp3) is 0.333. The zero-order valence-corrected chi connectivity index (χ0v) is 17.9. The number of carbonyl (C=O) groups is 2. The summed E-state index contributed by atoms with van der Waals surface area (Å²) in [7, 11) is 1.71. The molecule has 6 heteroatoms. The van der Waals surface area contributed by atoms with Crippen LogP contribution in [-0.4, -0.2) is 48.6 Å². The monoisotopic (exact) mass is 408 g/mol. The number of carbonyl (C=O) groups excluding carboxylic acids is 2. The number of rotatable bonds is 8. The Morgan fingerprint density at radius 1 is 1.07 bits per heavy atom. The van der Waals surface area contributed by atoms with Gasteiger partial charge in [-0.2, -0.15) is 0 Å². The van der Waals surface area contributed by atoms with Crippen molar-refractivity contribution < 1.29 is 19.4 Å². The number of imide groups is 1. The summed E-state index contributed by atoms with van der Waals surface area (Å²) < 4.78 is 5.80. The Hall–Kier alpha value is -3.12. The lowest BCUT2D eigenvalue weighted by Gasteiger charge is -2.21. The van der Waals surface area contributed by atoms with Crippen LogP contribution in [0, 0.1) is 13.8 Å². The molecule has 2 amide bonds. The van der Waals surface area contributed by atoms with Crippen LogP contribution in [0.1, 0.15) is 30.0 Å². The van der Waals surface area contributed by atoms with Crippen molar-refractivity contribution in [3.63, 3.8) is 0 Å². The average molecular weight is 408 g/mol. The Labute approximate surface area is 177 Å². The van der Waals surface area contributed by atoms with Gasteiger partial charge in [0.15, 0.2) is 0 Å². The van der Waals surface area contributed by atoms with Crippen LogP contribution in [0.4, 0.5) is 5.69 Å². The maximum atomic E-state index is 13.6. The van der Waals surface area contributed by atoms with Gasteiger partial charge in [-0.1, -0.05) is 42.8 Å². The van der Waals surface area contributed by atoms with Gasteiger partial charge in [-0.05, 0) is 43.5 Å². The molecular weight excluding hydrogens is 380 g/mol. The van der Waals surface area contributed by atoms with Crippen LogP contribution in [0.25, 0.3) is 5.57 Å². The number of aliphatic hydroxyl groups excluding tert-OH is 1. The molecule has 1 aliphatic heterocycles. The Kier molecular flexibility index (Phi) is 6.57. The molecule has 0 aliphatic carbocycles. The first kappa shape index (κ1) is 21.6. The number of likely N-dealkylation sites (N-methyl/N-ethyl adjacent to an activating group) is 1. The van der Waals surface area contributed by atoms with Gasteiger partial charge < -0.3 is 14.7 Å². The number of hydrogen-bond donors (Lipinski definition) is 1. The molecule has 0 aromatic heterocycles. The van der Waals surface area contributed by atoms with E-state index in [1.165, 1.54) is 4.90 Å². The summed E-state index contributed by atoms with van der Waals surface area (Å²) in [5, 5.41) is 9.43. The molecule has 1 N–H and O–H groups in total. The Bertz CT molecular complexity index is 996. The van der Waals surface area contributed by atoms with Crippen LogP contribution < -0.4 is 9.64 Å². The largest absolute Gasteiger partial charge is 0.491 e. The van der Waals surface area contributed by atoms with Crippen molar-refractivity contribution in [2.75, 3.05) is 31.7 Å². The standard InChI is InChI=1S/C24H28N2O4/c1-5-14-30-20-9-7-6-8-19(20)26-23(28)21(18-11-10-16(2)15-17(18)3)22(24(26)29)25(4)12-13-27/h6-11,15,27H,5,12-14H2,1-4H3. The highest BCUT2D eigenvalue weighted by atomic mass is 16.5. The van der Waals surface area contributed by atoms with Gasteiger partial charge >= 0.3 is 0 Å². The number of amides is 2. The Morgan fingerprint density at radius 2 is 1.80 bits per heavy atom. The van der Waals surface area contributed by atoms with E-state index in [2.05, 4.69) is 0 Å². The van der Waals surface area contributed by atoms with Crippen LogP contribution in [0.3, 0.4) is 0 Å². The van der Waals surface area contributed by atoms with Crippen molar-refractivity contribution in [1.29, 1.82) is 0 Å². The zero-order valence-electron chi connectivity index (χ0n) is 17.9. The molecule has 3 rings (SSSR count). The van der Waals surface area contributed by atoms with Crippen LogP contribution in [0.15, 0.2) is 48.2 Å². The highest BCUT2D eigenvalue weighted by Crippen LogP contribution is 2.39. The quantitative estimate of drug-likeness (QED) is 0.679. The van der Waals surface area contributed by atoms with Gasteiger partial charge in [0.2, 0.25) is 0 Å². The van der Waals surface area contributed by atoms with E-state index in [9.17, 15) is 14.7 Å². The van der Waals surface area contributed by atoms with Crippen molar-refractivity contribution in [3.8, 4) is 5.75 Å². The van der Waals surface area contributed by atoms with Crippen molar-refractivity contribution >= 4 is 23.1 Å². The predicted octanol–water partition coefficient (Wildman–Crippen LogP) is 3.30. The van der Waals surface area contributed by atoms with Gasteiger partial charge in [-0.15, -0.1) is 0 Å². The summed E-state index contributed by atoms with van der Waals surface area (Å²) >= 11 is 0. The summed E-state index contributed by atoms with van der Waals surface area (Å²) in [5.41, 5.74) is 3.77. The van der Waals surface area contributed by atoms with Crippen molar-refractivity contribution in [2.45, 2.75) is 27.2 Å². The van der Waals surface area contributed by atoms with Crippen molar-refractivity contribution in [2.24, 2.45) is 0 Å². The van der Waals surface area contributed by atoms with E-state index in [4.69, 9.17) is 4.74 Å². The maximum absolute atomic E-state index is 13.6. The number of ether oxygens (including phenoxy) is 1. The smallest absolute Gasteiger partial charge is 0.282 e. The predicted molar refractivity (Wildman–Crippen MR) is 117 cm³/mol. The molecule has 1 heterocycles. The lowest BCUT2D eigenvalue weighted by atomic mass is 9.97. The fourth-order valence-electron chi connectivity index (χ4n) is 3.67. The van der Waals surface area contributed by atoms with Crippen LogP contribution in [0.5, 0.6) is 5.75 Å². The summed E-state index contributed by atoms with van der Waals surface area (Å²) in [5.74, 6) is -0.315. The number of benzene rings is 2. The molecule has 0 atom stereocenters. The second kappa shape index (κ2) is 9.13. The van der Waals surface area contributed by atoms with E-state index in [0.29, 0.717) is 29.2 Å². The molecule has 6 nitrogen and oxygen atoms in total. The number of anilines is 1. The van der Waals surface area contributed by atoms with Crippen LogP contribution in [-0.2, 0) is 9.59 Å². The number of nitrogens with zero attached hydrogens (tertiary/aromatic N) is 2. The van der Waals surface area contributed by atoms with Crippen molar-refractivity contribution in [1.82, 2.24) is 4.90 Å². The molecule has 0 saturated carbocycles. The average Bonchev–Trinajstić information content (AvgIpc) is 2.97. The number of aliphatic hydroxyl groups is 1. The van der Waals surface area contributed by atoms with Gasteiger partial charge in [0.1, 0.15) is 11.4 Å².